The highest BCUT2D eigenvalue weighted by Gasteiger charge is 2.25. The van der Waals surface area contributed by atoms with Crippen molar-refractivity contribution in [3.63, 3.8) is 0 Å². The Kier molecular flexibility index (Phi) is 5.67. The largest absolute Gasteiger partial charge is 0.289 e. The van der Waals surface area contributed by atoms with Gasteiger partial charge in [0, 0.05) is 24.9 Å². The van der Waals surface area contributed by atoms with Crippen LogP contribution in [0.5, 0.6) is 0 Å². The Hall–Kier alpha value is -1.06. The Labute approximate surface area is 119 Å². The highest BCUT2D eigenvalue weighted by atomic mass is 35.5. The van der Waals surface area contributed by atoms with Gasteiger partial charge >= 0.3 is 0 Å². The average molecular weight is 281 g/mol. The molecule has 1 heterocycles. The SMILES string of the molecule is O=C(CCCCl)NN1CCC[C@H]1Cc1ccccc1. The van der Waals surface area contributed by atoms with Gasteiger partial charge < -0.3 is 0 Å². The van der Waals surface area contributed by atoms with Crippen molar-refractivity contribution in [2.75, 3.05) is 12.4 Å². The molecule has 0 bridgehead atoms. The summed E-state index contributed by atoms with van der Waals surface area (Å²) in [5, 5.41) is 2.10. The molecule has 0 saturated carbocycles. The van der Waals surface area contributed by atoms with Crippen molar-refractivity contribution in [1.29, 1.82) is 0 Å². The number of hydrazine groups is 1. The first-order valence-electron chi connectivity index (χ1n) is 6.95. The number of carbonyl (C=O) groups excluding carboxylic acids is 1. The number of hydrogen-bond acceptors (Lipinski definition) is 2. The van der Waals surface area contributed by atoms with Crippen molar-refractivity contribution in [3.05, 3.63) is 35.9 Å². The lowest BCUT2D eigenvalue weighted by atomic mass is 10.0. The molecule has 2 rings (SSSR count). The number of alkyl halides is 1. The molecule has 4 heteroatoms. The molecular weight excluding hydrogens is 260 g/mol. The van der Waals surface area contributed by atoms with Gasteiger partial charge in [-0.25, -0.2) is 5.01 Å². The molecule has 104 valence electrons. The minimum absolute atomic E-state index is 0.0839. The summed E-state index contributed by atoms with van der Waals surface area (Å²) in [5.74, 6) is 0.626. The second-order valence-corrected chi connectivity index (χ2v) is 5.38. The first-order chi connectivity index (χ1) is 9.29. The van der Waals surface area contributed by atoms with Gasteiger partial charge in [0.05, 0.1) is 0 Å². The summed E-state index contributed by atoms with van der Waals surface area (Å²) in [6, 6.07) is 10.9. The van der Waals surface area contributed by atoms with Crippen LogP contribution in [0.3, 0.4) is 0 Å². The molecule has 1 fully saturated rings. The van der Waals surface area contributed by atoms with Crippen molar-refractivity contribution in [1.82, 2.24) is 10.4 Å². The van der Waals surface area contributed by atoms with E-state index in [1.807, 2.05) is 6.07 Å². The van der Waals surface area contributed by atoms with Crippen molar-refractivity contribution in [2.24, 2.45) is 0 Å². The molecule has 0 unspecified atom stereocenters. The molecular formula is C15H21ClN2O. The Bertz CT molecular complexity index is 396. The van der Waals surface area contributed by atoms with Crippen molar-refractivity contribution in [3.8, 4) is 0 Å². The molecule has 1 aliphatic heterocycles. The second kappa shape index (κ2) is 7.51. The monoisotopic (exact) mass is 280 g/mol. The fourth-order valence-electron chi connectivity index (χ4n) is 2.52. The normalized spacial score (nSPS) is 19.5. The molecule has 0 aromatic heterocycles. The van der Waals surface area contributed by atoms with E-state index in [0.717, 1.165) is 32.2 Å². The van der Waals surface area contributed by atoms with Crippen LogP contribution in [0.25, 0.3) is 0 Å². The van der Waals surface area contributed by atoms with Crippen LogP contribution in [0.4, 0.5) is 0 Å². The maximum atomic E-state index is 11.7. The third-order valence-electron chi connectivity index (χ3n) is 3.50. The highest BCUT2D eigenvalue weighted by Crippen LogP contribution is 2.19. The predicted molar refractivity (Wildman–Crippen MR) is 78.0 cm³/mol. The summed E-state index contributed by atoms with van der Waals surface area (Å²) >= 11 is 5.60. The summed E-state index contributed by atoms with van der Waals surface area (Å²) in [7, 11) is 0. The lowest BCUT2D eigenvalue weighted by molar-refractivity contribution is -0.126. The number of nitrogens with one attached hydrogen (secondary N) is 1. The lowest BCUT2D eigenvalue weighted by Gasteiger charge is -2.25. The fourth-order valence-corrected chi connectivity index (χ4v) is 2.66. The predicted octanol–water partition coefficient (Wildman–Crippen LogP) is 2.74. The van der Waals surface area contributed by atoms with Gasteiger partial charge in [0.2, 0.25) is 5.91 Å². The van der Waals surface area contributed by atoms with Crippen molar-refractivity contribution in [2.45, 2.75) is 38.1 Å². The van der Waals surface area contributed by atoms with Crippen molar-refractivity contribution >= 4 is 17.5 Å². The first kappa shape index (κ1) is 14.4. The maximum absolute atomic E-state index is 11.7. The van der Waals surface area contributed by atoms with Crippen LogP contribution < -0.4 is 5.43 Å². The Morgan fingerprint density at radius 3 is 2.89 bits per heavy atom. The van der Waals surface area contributed by atoms with Gasteiger partial charge in [-0.2, -0.15) is 0 Å². The molecule has 1 atom stereocenters. The third kappa shape index (κ3) is 4.51. The van der Waals surface area contributed by atoms with E-state index in [4.69, 9.17) is 11.6 Å². The molecule has 1 aromatic rings. The van der Waals surface area contributed by atoms with E-state index in [-0.39, 0.29) is 5.91 Å². The minimum atomic E-state index is 0.0839. The molecule has 19 heavy (non-hydrogen) atoms. The van der Waals surface area contributed by atoms with E-state index < -0.39 is 0 Å². The number of halogens is 1. The van der Waals surface area contributed by atoms with E-state index in [0.29, 0.717) is 18.3 Å². The van der Waals surface area contributed by atoms with Gasteiger partial charge in [0.1, 0.15) is 0 Å². The summed E-state index contributed by atoms with van der Waals surface area (Å²) in [6.07, 6.45) is 4.54. The number of carbonyl (C=O) groups is 1. The summed E-state index contributed by atoms with van der Waals surface area (Å²) < 4.78 is 0. The van der Waals surface area contributed by atoms with Crippen LogP contribution in [0.2, 0.25) is 0 Å². The van der Waals surface area contributed by atoms with E-state index in [1.165, 1.54) is 5.56 Å². The summed E-state index contributed by atoms with van der Waals surface area (Å²) in [4.78, 5) is 11.7. The van der Waals surface area contributed by atoms with Gasteiger partial charge in [0.15, 0.2) is 0 Å². The van der Waals surface area contributed by atoms with Crippen LogP contribution in [0.1, 0.15) is 31.2 Å². The molecule has 1 amide bonds. The molecule has 3 nitrogen and oxygen atoms in total. The molecule has 0 spiro atoms. The number of hydrogen-bond donors (Lipinski definition) is 1. The summed E-state index contributed by atoms with van der Waals surface area (Å²) in [6.45, 7) is 0.949. The number of nitrogens with zero attached hydrogens (tertiary/aromatic N) is 1. The number of rotatable bonds is 6. The molecule has 1 aromatic carbocycles. The Balaban J connectivity index is 1.85. The van der Waals surface area contributed by atoms with Gasteiger partial charge in [-0.3, -0.25) is 10.2 Å². The van der Waals surface area contributed by atoms with E-state index in [2.05, 4.69) is 34.7 Å². The number of amides is 1. The topological polar surface area (TPSA) is 32.3 Å². The molecule has 1 N–H and O–H groups in total. The minimum Gasteiger partial charge on any atom is -0.289 e. The third-order valence-corrected chi connectivity index (χ3v) is 3.76. The average Bonchev–Trinajstić information content (AvgIpc) is 2.85. The Morgan fingerprint density at radius 1 is 1.37 bits per heavy atom. The van der Waals surface area contributed by atoms with Crippen LogP contribution in [0, 0.1) is 0 Å². The van der Waals surface area contributed by atoms with E-state index >= 15 is 0 Å². The van der Waals surface area contributed by atoms with Crippen molar-refractivity contribution < 1.29 is 4.79 Å². The van der Waals surface area contributed by atoms with Crippen LogP contribution in [-0.2, 0) is 11.2 Å². The zero-order valence-corrected chi connectivity index (χ0v) is 11.9. The van der Waals surface area contributed by atoms with Gasteiger partial charge in [0.25, 0.3) is 0 Å². The van der Waals surface area contributed by atoms with Gasteiger partial charge in [-0.1, -0.05) is 30.3 Å². The smallest absolute Gasteiger partial charge is 0.234 e. The second-order valence-electron chi connectivity index (χ2n) is 5.01. The Morgan fingerprint density at radius 2 is 2.16 bits per heavy atom. The van der Waals surface area contributed by atoms with E-state index in [1.54, 1.807) is 0 Å². The zero-order valence-electron chi connectivity index (χ0n) is 11.1. The highest BCUT2D eigenvalue weighted by molar-refractivity contribution is 6.17. The molecule has 0 radical (unpaired) electrons. The van der Waals surface area contributed by atoms with Crippen LogP contribution >= 0.6 is 11.6 Å². The van der Waals surface area contributed by atoms with Gasteiger partial charge in [-0.05, 0) is 31.2 Å². The van der Waals surface area contributed by atoms with Gasteiger partial charge in [-0.15, -0.1) is 11.6 Å². The standard InChI is InChI=1S/C15H21ClN2O/c16-10-4-9-15(19)17-18-11-5-8-14(18)12-13-6-2-1-3-7-13/h1-3,6-7,14H,4-5,8-12H2,(H,17,19)/t14-/m0/s1. The van der Waals surface area contributed by atoms with E-state index in [9.17, 15) is 4.79 Å². The van der Waals surface area contributed by atoms with Crippen LogP contribution in [0.15, 0.2) is 30.3 Å². The molecule has 1 aliphatic rings. The number of benzene rings is 1. The van der Waals surface area contributed by atoms with Crippen LogP contribution in [-0.4, -0.2) is 29.4 Å². The molecule has 0 aliphatic carbocycles. The maximum Gasteiger partial charge on any atom is 0.234 e. The fraction of sp³-hybridized carbons (Fsp3) is 0.533. The first-order valence-corrected chi connectivity index (χ1v) is 7.49. The summed E-state index contributed by atoms with van der Waals surface area (Å²) in [5.41, 5.74) is 4.35. The molecule has 1 saturated heterocycles. The quantitative estimate of drug-likeness (QED) is 0.813. The zero-order chi connectivity index (χ0) is 13.5. The lowest BCUT2D eigenvalue weighted by Crippen LogP contribution is -2.45.